The maximum atomic E-state index is 12.8. The third-order valence-corrected chi connectivity index (χ3v) is 6.63. The smallest absolute Gasteiger partial charge is 0.243 e. The highest BCUT2D eigenvalue weighted by molar-refractivity contribution is 7.89. The van der Waals surface area contributed by atoms with Crippen LogP contribution in [0.5, 0.6) is 5.75 Å². The second-order valence-corrected chi connectivity index (χ2v) is 8.88. The van der Waals surface area contributed by atoms with E-state index in [2.05, 4.69) is 5.32 Å². The number of piperidine rings is 1. The second-order valence-electron chi connectivity index (χ2n) is 6.94. The van der Waals surface area contributed by atoms with Gasteiger partial charge in [0.15, 0.2) is 0 Å². The van der Waals surface area contributed by atoms with E-state index >= 15 is 0 Å². The minimum Gasteiger partial charge on any atom is -0.494 e. The molecule has 1 aliphatic heterocycles. The van der Waals surface area contributed by atoms with E-state index in [1.54, 1.807) is 12.1 Å². The molecule has 6 nitrogen and oxygen atoms in total. The van der Waals surface area contributed by atoms with Gasteiger partial charge in [-0.2, -0.15) is 4.31 Å². The minimum atomic E-state index is -3.47. The Kier molecular flexibility index (Phi) is 7.22. The van der Waals surface area contributed by atoms with Crippen molar-refractivity contribution in [2.75, 3.05) is 25.0 Å². The molecule has 156 valence electrons. The van der Waals surface area contributed by atoms with Crippen molar-refractivity contribution in [1.29, 1.82) is 0 Å². The summed E-state index contributed by atoms with van der Waals surface area (Å²) >= 11 is 0. The number of sulfonamides is 1. The number of amides is 1. The average molecular weight is 421 g/mol. The fourth-order valence-corrected chi connectivity index (χ4v) is 4.66. The molecule has 2 aromatic carbocycles. The molecule has 2 aromatic rings. The molecule has 29 heavy (non-hydrogen) atoms. The maximum Gasteiger partial charge on any atom is 0.243 e. The predicted octanol–water partition coefficient (Wildman–Crippen LogP) is 3.80. The van der Waals surface area contributed by atoms with Gasteiger partial charge in [-0.25, -0.2) is 12.8 Å². The van der Waals surface area contributed by atoms with Crippen LogP contribution >= 0.6 is 0 Å². The molecule has 8 heteroatoms. The van der Waals surface area contributed by atoms with Crippen molar-refractivity contribution in [1.82, 2.24) is 4.31 Å². The molecule has 1 N–H and O–H groups in total. The maximum absolute atomic E-state index is 12.8. The Morgan fingerprint density at radius 2 is 1.66 bits per heavy atom. The molecule has 0 aliphatic carbocycles. The van der Waals surface area contributed by atoms with Crippen molar-refractivity contribution in [2.45, 2.75) is 37.0 Å². The van der Waals surface area contributed by atoms with E-state index in [9.17, 15) is 17.6 Å². The third-order valence-electron chi connectivity index (χ3n) is 4.72. The van der Waals surface area contributed by atoms with Crippen LogP contribution in [0, 0.1) is 5.82 Å². The van der Waals surface area contributed by atoms with Crippen LogP contribution in [0.15, 0.2) is 53.4 Å². The standard InChI is InChI=1S/C21H25FN2O4S/c22-17-6-10-19(11-7-17)28-16-4-5-21(25)23-18-8-12-20(13-9-18)29(26,27)24-14-2-1-3-15-24/h6-13H,1-5,14-16H2,(H,23,25). The quantitative estimate of drug-likeness (QED) is 0.659. The number of benzene rings is 2. The van der Waals surface area contributed by atoms with Crippen LogP contribution in [0.25, 0.3) is 0 Å². The van der Waals surface area contributed by atoms with Crippen LogP contribution in [0.4, 0.5) is 10.1 Å². The van der Waals surface area contributed by atoms with Gasteiger partial charge >= 0.3 is 0 Å². The van der Waals surface area contributed by atoms with Crippen LogP contribution in [0.2, 0.25) is 0 Å². The zero-order valence-electron chi connectivity index (χ0n) is 16.1. The van der Waals surface area contributed by atoms with Gasteiger partial charge in [0.25, 0.3) is 0 Å². The predicted molar refractivity (Wildman–Crippen MR) is 109 cm³/mol. The molecule has 0 spiro atoms. The van der Waals surface area contributed by atoms with E-state index in [0.717, 1.165) is 19.3 Å². The molecule has 1 saturated heterocycles. The van der Waals surface area contributed by atoms with Crippen molar-refractivity contribution in [2.24, 2.45) is 0 Å². The van der Waals surface area contributed by atoms with Crippen molar-refractivity contribution in [3.05, 3.63) is 54.3 Å². The molecule has 0 radical (unpaired) electrons. The summed E-state index contributed by atoms with van der Waals surface area (Å²) in [6.45, 7) is 1.45. The van der Waals surface area contributed by atoms with Gasteiger partial charge in [-0.3, -0.25) is 4.79 Å². The van der Waals surface area contributed by atoms with E-state index in [4.69, 9.17) is 4.74 Å². The van der Waals surface area contributed by atoms with E-state index in [1.165, 1.54) is 40.7 Å². The largest absolute Gasteiger partial charge is 0.494 e. The SMILES string of the molecule is O=C(CCCOc1ccc(F)cc1)Nc1ccc(S(=O)(=O)N2CCCCC2)cc1. The number of halogens is 1. The molecule has 1 aliphatic rings. The molecule has 1 fully saturated rings. The topological polar surface area (TPSA) is 75.7 Å². The molecule has 1 amide bonds. The van der Waals surface area contributed by atoms with Crippen molar-refractivity contribution < 1.29 is 22.3 Å². The zero-order chi connectivity index (χ0) is 20.7. The highest BCUT2D eigenvalue weighted by Gasteiger charge is 2.25. The zero-order valence-corrected chi connectivity index (χ0v) is 17.0. The molecule has 0 unspecified atom stereocenters. The molecule has 0 bridgehead atoms. The van der Waals surface area contributed by atoms with E-state index in [0.29, 0.717) is 37.6 Å². The number of ether oxygens (including phenoxy) is 1. The van der Waals surface area contributed by atoms with Crippen molar-refractivity contribution in [3.63, 3.8) is 0 Å². The Labute approximate surface area is 170 Å². The van der Waals surface area contributed by atoms with Gasteiger partial charge in [0.05, 0.1) is 11.5 Å². The number of anilines is 1. The van der Waals surface area contributed by atoms with Gasteiger partial charge in [0.1, 0.15) is 11.6 Å². The number of nitrogens with one attached hydrogen (secondary N) is 1. The van der Waals surface area contributed by atoms with Gasteiger partial charge in [0.2, 0.25) is 15.9 Å². The summed E-state index contributed by atoms with van der Waals surface area (Å²) in [6, 6.07) is 12.0. The number of carbonyl (C=O) groups excluding carboxylic acids is 1. The van der Waals surface area contributed by atoms with Crippen LogP contribution in [-0.2, 0) is 14.8 Å². The van der Waals surface area contributed by atoms with E-state index in [-0.39, 0.29) is 23.0 Å². The van der Waals surface area contributed by atoms with Gasteiger partial charge in [-0.05, 0) is 67.8 Å². The second kappa shape index (κ2) is 9.84. The fourth-order valence-electron chi connectivity index (χ4n) is 3.14. The lowest BCUT2D eigenvalue weighted by molar-refractivity contribution is -0.116. The molecule has 1 heterocycles. The first-order chi connectivity index (χ1) is 13.9. The van der Waals surface area contributed by atoms with Gasteiger partial charge < -0.3 is 10.1 Å². The summed E-state index contributed by atoms with van der Waals surface area (Å²) in [4.78, 5) is 12.3. The van der Waals surface area contributed by atoms with Crippen LogP contribution in [0.3, 0.4) is 0 Å². The third kappa shape index (κ3) is 6.01. The Morgan fingerprint density at radius 1 is 1.00 bits per heavy atom. The Balaban J connectivity index is 1.45. The summed E-state index contributed by atoms with van der Waals surface area (Å²) in [5.41, 5.74) is 0.548. The summed E-state index contributed by atoms with van der Waals surface area (Å²) in [5.74, 6) is 0.0446. The van der Waals surface area contributed by atoms with Crippen LogP contribution in [-0.4, -0.2) is 38.3 Å². The molecule has 0 aromatic heterocycles. The highest BCUT2D eigenvalue weighted by Crippen LogP contribution is 2.22. The lowest BCUT2D eigenvalue weighted by atomic mass is 10.2. The number of carbonyl (C=O) groups is 1. The monoisotopic (exact) mass is 420 g/mol. The number of hydrogen-bond donors (Lipinski definition) is 1. The van der Waals surface area contributed by atoms with E-state index in [1.807, 2.05) is 0 Å². The molecule has 3 rings (SSSR count). The van der Waals surface area contributed by atoms with Crippen LogP contribution < -0.4 is 10.1 Å². The Morgan fingerprint density at radius 3 is 2.31 bits per heavy atom. The van der Waals surface area contributed by atoms with Crippen molar-refractivity contribution >= 4 is 21.6 Å². The van der Waals surface area contributed by atoms with Gasteiger partial charge in [-0.1, -0.05) is 6.42 Å². The first-order valence-corrected chi connectivity index (χ1v) is 11.2. The molecule has 0 atom stereocenters. The first kappa shape index (κ1) is 21.3. The first-order valence-electron chi connectivity index (χ1n) is 9.73. The summed E-state index contributed by atoms with van der Waals surface area (Å²) in [7, 11) is -3.47. The lowest BCUT2D eigenvalue weighted by Gasteiger charge is -2.25. The number of rotatable bonds is 8. The fraction of sp³-hybridized carbons (Fsp3) is 0.381. The highest BCUT2D eigenvalue weighted by atomic mass is 32.2. The number of hydrogen-bond acceptors (Lipinski definition) is 4. The molecule has 0 saturated carbocycles. The summed E-state index contributed by atoms with van der Waals surface area (Å²) < 4.78 is 45.1. The Bertz CT molecular complexity index is 909. The Hall–Kier alpha value is -2.45. The van der Waals surface area contributed by atoms with Crippen molar-refractivity contribution in [3.8, 4) is 5.75 Å². The average Bonchev–Trinajstić information content (AvgIpc) is 2.73. The summed E-state index contributed by atoms with van der Waals surface area (Å²) in [6.07, 6.45) is 3.60. The summed E-state index contributed by atoms with van der Waals surface area (Å²) in [5, 5.41) is 2.75. The van der Waals surface area contributed by atoms with E-state index < -0.39 is 10.0 Å². The molecular weight excluding hydrogens is 395 g/mol. The normalized spacial score (nSPS) is 15.1. The minimum absolute atomic E-state index is 0.181. The lowest BCUT2D eigenvalue weighted by Crippen LogP contribution is -2.35. The van der Waals surface area contributed by atoms with Gasteiger partial charge in [-0.15, -0.1) is 0 Å². The van der Waals surface area contributed by atoms with Crippen LogP contribution in [0.1, 0.15) is 32.1 Å². The number of nitrogens with zero attached hydrogens (tertiary/aromatic N) is 1. The van der Waals surface area contributed by atoms with Gasteiger partial charge in [0, 0.05) is 25.2 Å². The molecular formula is C21H25FN2O4S.